The van der Waals surface area contributed by atoms with Crippen LogP contribution in [0.3, 0.4) is 0 Å². The summed E-state index contributed by atoms with van der Waals surface area (Å²) in [5.74, 6) is 0.233. The third kappa shape index (κ3) is 4.09. The highest BCUT2D eigenvalue weighted by Gasteiger charge is 2.36. The van der Waals surface area contributed by atoms with Gasteiger partial charge in [-0.15, -0.1) is 0 Å². The molecule has 0 saturated carbocycles. The number of anilines is 1. The minimum atomic E-state index is -4.47. The van der Waals surface area contributed by atoms with E-state index in [1.54, 1.807) is 0 Å². The summed E-state index contributed by atoms with van der Waals surface area (Å²) in [7, 11) is 0. The molecule has 1 saturated heterocycles. The SMILES string of the molecule is O=C1CC(c2nc3ccccc3n2Cc2ccccc2Cl)CN1c1cccc(C(F)(F)F)c1. The molecule has 0 bridgehead atoms. The highest BCUT2D eigenvalue weighted by atomic mass is 35.5. The average Bonchev–Trinajstić information content (AvgIpc) is 3.35. The number of carbonyl (C=O) groups excluding carboxylic acids is 1. The Morgan fingerprint density at radius 3 is 2.55 bits per heavy atom. The van der Waals surface area contributed by atoms with Crippen LogP contribution in [0.15, 0.2) is 72.8 Å². The van der Waals surface area contributed by atoms with E-state index in [9.17, 15) is 18.0 Å². The van der Waals surface area contributed by atoms with E-state index in [0.29, 0.717) is 11.6 Å². The molecular weight excluding hydrogens is 451 g/mol. The molecule has 1 fully saturated rings. The highest BCUT2D eigenvalue weighted by molar-refractivity contribution is 6.31. The van der Waals surface area contributed by atoms with Crippen LogP contribution < -0.4 is 4.90 Å². The van der Waals surface area contributed by atoms with Gasteiger partial charge in [0, 0.05) is 29.6 Å². The number of alkyl halides is 3. The van der Waals surface area contributed by atoms with Crippen molar-refractivity contribution in [1.82, 2.24) is 9.55 Å². The lowest BCUT2D eigenvalue weighted by Crippen LogP contribution is -2.25. The second-order valence-electron chi connectivity index (χ2n) is 8.09. The molecule has 1 unspecified atom stereocenters. The van der Waals surface area contributed by atoms with Gasteiger partial charge in [-0.1, -0.05) is 48.0 Å². The first kappa shape index (κ1) is 21.5. The molecule has 8 heteroatoms. The van der Waals surface area contributed by atoms with Gasteiger partial charge in [-0.2, -0.15) is 13.2 Å². The molecule has 4 nitrogen and oxygen atoms in total. The maximum atomic E-state index is 13.2. The fourth-order valence-electron chi connectivity index (χ4n) is 4.35. The molecule has 1 aliphatic rings. The molecule has 2 heterocycles. The van der Waals surface area contributed by atoms with Crippen molar-refractivity contribution in [1.29, 1.82) is 0 Å². The molecule has 0 spiro atoms. The number of hydrogen-bond acceptors (Lipinski definition) is 2. The van der Waals surface area contributed by atoms with Gasteiger partial charge < -0.3 is 9.47 Å². The lowest BCUT2D eigenvalue weighted by atomic mass is 10.1. The van der Waals surface area contributed by atoms with Gasteiger partial charge in [-0.25, -0.2) is 4.98 Å². The number of amides is 1. The zero-order valence-corrected chi connectivity index (χ0v) is 18.1. The number of para-hydroxylation sites is 2. The summed E-state index contributed by atoms with van der Waals surface area (Å²) in [5.41, 5.74) is 2.10. The molecule has 0 aliphatic carbocycles. The molecule has 0 N–H and O–H groups in total. The topological polar surface area (TPSA) is 38.1 Å². The number of aromatic nitrogens is 2. The van der Waals surface area contributed by atoms with Crippen molar-refractivity contribution >= 4 is 34.2 Å². The summed E-state index contributed by atoms with van der Waals surface area (Å²) in [6, 6.07) is 20.1. The summed E-state index contributed by atoms with van der Waals surface area (Å²) in [5, 5.41) is 0.634. The Hall–Kier alpha value is -3.32. The van der Waals surface area contributed by atoms with Crippen LogP contribution in [0.2, 0.25) is 5.02 Å². The minimum absolute atomic E-state index is 0.169. The van der Waals surface area contributed by atoms with Crippen LogP contribution in [-0.4, -0.2) is 22.0 Å². The monoisotopic (exact) mass is 469 g/mol. The van der Waals surface area contributed by atoms with Crippen LogP contribution in [0.25, 0.3) is 11.0 Å². The fourth-order valence-corrected chi connectivity index (χ4v) is 4.54. The third-order valence-electron chi connectivity index (χ3n) is 5.95. The lowest BCUT2D eigenvalue weighted by Gasteiger charge is -2.19. The number of imidazole rings is 1. The van der Waals surface area contributed by atoms with Crippen LogP contribution in [-0.2, 0) is 17.5 Å². The Morgan fingerprint density at radius 2 is 1.76 bits per heavy atom. The Kier molecular flexibility index (Phi) is 5.37. The molecule has 1 aliphatic heterocycles. The molecular formula is C25H19ClF3N3O. The molecule has 5 rings (SSSR count). The summed E-state index contributed by atoms with van der Waals surface area (Å²) in [6.45, 7) is 0.732. The zero-order chi connectivity index (χ0) is 23.2. The number of halogens is 4. The number of benzene rings is 3. The van der Waals surface area contributed by atoms with Crippen molar-refractivity contribution in [3.05, 3.63) is 94.8 Å². The van der Waals surface area contributed by atoms with E-state index in [1.807, 2.05) is 53.1 Å². The van der Waals surface area contributed by atoms with Gasteiger partial charge in [0.15, 0.2) is 0 Å². The number of rotatable bonds is 4. The van der Waals surface area contributed by atoms with Gasteiger partial charge in [0.25, 0.3) is 0 Å². The molecule has 1 aromatic heterocycles. The molecule has 33 heavy (non-hydrogen) atoms. The minimum Gasteiger partial charge on any atom is -0.323 e. The van der Waals surface area contributed by atoms with Crippen molar-refractivity contribution in [3.63, 3.8) is 0 Å². The smallest absolute Gasteiger partial charge is 0.323 e. The fraction of sp³-hybridized carbons (Fsp3) is 0.200. The summed E-state index contributed by atoms with van der Waals surface area (Å²) < 4.78 is 41.6. The Morgan fingerprint density at radius 1 is 1.00 bits per heavy atom. The molecule has 168 valence electrons. The van der Waals surface area contributed by atoms with Crippen LogP contribution in [0.1, 0.15) is 29.3 Å². The second-order valence-corrected chi connectivity index (χ2v) is 8.50. The van der Waals surface area contributed by atoms with E-state index < -0.39 is 11.7 Å². The molecule has 0 radical (unpaired) electrons. The average molecular weight is 470 g/mol. The van der Waals surface area contributed by atoms with Gasteiger partial charge in [-0.05, 0) is 42.0 Å². The van der Waals surface area contributed by atoms with Crippen molar-refractivity contribution in [2.45, 2.75) is 25.1 Å². The normalized spacial score (nSPS) is 16.7. The van der Waals surface area contributed by atoms with Gasteiger partial charge >= 0.3 is 6.18 Å². The second kappa shape index (κ2) is 8.23. The maximum absolute atomic E-state index is 13.2. The van der Waals surface area contributed by atoms with E-state index >= 15 is 0 Å². The zero-order valence-electron chi connectivity index (χ0n) is 17.4. The molecule has 1 amide bonds. The van der Waals surface area contributed by atoms with Crippen LogP contribution >= 0.6 is 11.6 Å². The number of nitrogens with zero attached hydrogens (tertiary/aromatic N) is 3. The van der Waals surface area contributed by atoms with Crippen molar-refractivity contribution in [3.8, 4) is 0 Å². The van der Waals surface area contributed by atoms with Crippen LogP contribution in [0, 0.1) is 0 Å². The molecule has 4 aromatic rings. The molecule has 3 aromatic carbocycles. The van der Waals surface area contributed by atoms with E-state index in [4.69, 9.17) is 16.6 Å². The largest absolute Gasteiger partial charge is 0.416 e. The van der Waals surface area contributed by atoms with Crippen molar-refractivity contribution in [2.75, 3.05) is 11.4 Å². The number of hydrogen-bond donors (Lipinski definition) is 0. The Bertz CT molecular complexity index is 1350. The van der Waals surface area contributed by atoms with E-state index in [1.165, 1.54) is 17.0 Å². The summed E-state index contributed by atoms with van der Waals surface area (Å²) in [4.78, 5) is 19.1. The van der Waals surface area contributed by atoms with Crippen LogP contribution in [0.5, 0.6) is 0 Å². The Labute approximate surface area is 193 Å². The van der Waals surface area contributed by atoms with Gasteiger partial charge in [0.2, 0.25) is 5.91 Å². The van der Waals surface area contributed by atoms with E-state index in [2.05, 4.69) is 0 Å². The highest BCUT2D eigenvalue weighted by Crippen LogP contribution is 2.36. The third-order valence-corrected chi connectivity index (χ3v) is 6.31. The van der Waals surface area contributed by atoms with Gasteiger partial charge in [-0.3, -0.25) is 4.79 Å². The predicted octanol–water partition coefficient (Wildman–Crippen LogP) is 6.28. The first-order valence-electron chi connectivity index (χ1n) is 10.5. The summed E-state index contributed by atoms with van der Waals surface area (Å²) in [6.07, 6.45) is -4.30. The predicted molar refractivity (Wildman–Crippen MR) is 121 cm³/mol. The first-order chi connectivity index (χ1) is 15.8. The van der Waals surface area contributed by atoms with Gasteiger partial charge in [0.1, 0.15) is 5.82 Å². The Balaban J connectivity index is 1.52. The number of fused-ring (bicyclic) bond motifs is 1. The van der Waals surface area contributed by atoms with Crippen LogP contribution in [0.4, 0.5) is 18.9 Å². The number of carbonyl (C=O) groups is 1. The maximum Gasteiger partial charge on any atom is 0.416 e. The standard InChI is InChI=1S/C25H19ClF3N3O/c26-20-9-2-1-6-16(20)14-32-22-11-4-3-10-21(22)30-24(32)17-12-23(33)31(15-17)19-8-5-7-18(13-19)25(27,28)29/h1-11,13,17H,12,14-15H2. The van der Waals surface area contributed by atoms with E-state index in [-0.39, 0.29) is 30.5 Å². The summed E-state index contributed by atoms with van der Waals surface area (Å²) >= 11 is 6.39. The van der Waals surface area contributed by atoms with Crippen molar-refractivity contribution in [2.24, 2.45) is 0 Å². The lowest BCUT2D eigenvalue weighted by molar-refractivity contribution is -0.137. The molecule has 1 atom stereocenters. The first-order valence-corrected chi connectivity index (χ1v) is 10.9. The quantitative estimate of drug-likeness (QED) is 0.353. The van der Waals surface area contributed by atoms with Gasteiger partial charge in [0.05, 0.1) is 23.1 Å². The van der Waals surface area contributed by atoms with Crippen molar-refractivity contribution < 1.29 is 18.0 Å². The van der Waals surface area contributed by atoms with E-state index in [0.717, 1.165) is 34.6 Å².